The molecule has 0 unspecified atom stereocenters. The van der Waals surface area contributed by atoms with Gasteiger partial charge in [0.25, 0.3) is 5.69 Å². The van der Waals surface area contributed by atoms with Crippen LogP contribution in [0.25, 0.3) is 0 Å². The zero-order valence-corrected chi connectivity index (χ0v) is 14.6. The molecule has 0 bridgehead atoms. The highest BCUT2D eigenvalue weighted by Gasteiger charge is 2.15. The van der Waals surface area contributed by atoms with Crippen LogP contribution in [0.1, 0.15) is 11.3 Å². The molecular formula is C14H17Cl2N5O4. The molecule has 9 nitrogen and oxygen atoms in total. The summed E-state index contributed by atoms with van der Waals surface area (Å²) in [5, 5.41) is 16.4. The van der Waals surface area contributed by atoms with E-state index in [1.165, 1.54) is 12.1 Å². The lowest BCUT2D eigenvalue weighted by Crippen LogP contribution is -2.29. The second-order valence-electron chi connectivity index (χ2n) is 5.03. The Balaban J connectivity index is 0.00000156. The summed E-state index contributed by atoms with van der Waals surface area (Å²) in [5.41, 5.74) is 1.66. The third-order valence-electron chi connectivity index (χ3n) is 3.49. The predicted octanol–water partition coefficient (Wildman–Crippen LogP) is 2.49. The lowest BCUT2D eigenvalue weighted by Gasteiger charge is -2.17. The summed E-state index contributed by atoms with van der Waals surface area (Å²) in [6.45, 7) is 2.29. The third-order valence-corrected chi connectivity index (χ3v) is 3.49. The van der Waals surface area contributed by atoms with E-state index in [9.17, 15) is 14.9 Å². The molecule has 1 aliphatic heterocycles. The first-order valence-corrected chi connectivity index (χ1v) is 7.06. The molecule has 0 aliphatic carbocycles. The van der Waals surface area contributed by atoms with Gasteiger partial charge in [0, 0.05) is 31.8 Å². The van der Waals surface area contributed by atoms with Crippen LogP contribution in [0.2, 0.25) is 0 Å². The number of ether oxygens (including phenoxy) is 1. The van der Waals surface area contributed by atoms with E-state index in [1.54, 1.807) is 18.3 Å². The van der Waals surface area contributed by atoms with Gasteiger partial charge in [0.15, 0.2) is 0 Å². The topological polar surface area (TPSA) is 111 Å². The molecule has 0 radical (unpaired) electrons. The summed E-state index contributed by atoms with van der Waals surface area (Å²) >= 11 is 0. The lowest BCUT2D eigenvalue weighted by molar-refractivity contribution is -0.384. The molecule has 0 spiro atoms. The number of hydrogen-bond acceptors (Lipinski definition) is 6. The second-order valence-corrected chi connectivity index (χ2v) is 5.03. The van der Waals surface area contributed by atoms with Crippen molar-refractivity contribution in [3.05, 3.63) is 51.8 Å². The number of imidazole rings is 1. The van der Waals surface area contributed by atoms with Crippen molar-refractivity contribution in [1.29, 1.82) is 0 Å². The number of nitro groups is 1. The summed E-state index contributed by atoms with van der Waals surface area (Å²) in [6, 6.07) is 5.84. The fourth-order valence-electron chi connectivity index (χ4n) is 2.30. The minimum atomic E-state index is -0.615. The fraction of sp³-hybridized carbons (Fsp3) is 0.286. The van der Waals surface area contributed by atoms with Gasteiger partial charge in [0.05, 0.1) is 16.8 Å². The van der Waals surface area contributed by atoms with Gasteiger partial charge < -0.3 is 14.6 Å². The van der Waals surface area contributed by atoms with E-state index >= 15 is 0 Å². The Labute approximate surface area is 155 Å². The number of carbonyl (C=O) groups is 1. The monoisotopic (exact) mass is 389 g/mol. The maximum absolute atomic E-state index is 11.8. The van der Waals surface area contributed by atoms with Crippen LogP contribution in [0.5, 0.6) is 0 Å². The van der Waals surface area contributed by atoms with E-state index < -0.39 is 11.0 Å². The zero-order chi connectivity index (χ0) is 16.2. The van der Waals surface area contributed by atoms with Crippen molar-refractivity contribution in [2.75, 3.05) is 11.9 Å². The number of non-ortho nitro benzene ring substituents is 1. The summed E-state index contributed by atoms with van der Waals surface area (Å²) in [6.07, 6.45) is 1.09. The average molecular weight is 390 g/mol. The van der Waals surface area contributed by atoms with Gasteiger partial charge in [0.1, 0.15) is 6.61 Å². The van der Waals surface area contributed by atoms with Gasteiger partial charge in [-0.1, -0.05) is 0 Å². The maximum Gasteiger partial charge on any atom is 0.414 e. The number of halogens is 2. The van der Waals surface area contributed by atoms with E-state index in [2.05, 4.69) is 15.6 Å². The van der Waals surface area contributed by atoms with Crippen molar-refractivity contribution in [2.45, 2.75) is 19.7 Å². The quantitative estimate of drug-likeness (QED) is 0.613. The van der Waals surface area contributed by atoms with E-state index in [1.807, 2.05) is 4.57 Å². The number of nitrogens with zero attached hydrogens (tertiary/aromatic N) is 3. The van der Waals surface area contributed by atoms with Crippen molar-refractivity contribution >= 4 is 42.5 Å². The Morgan fingerprint density at radius 3 is 2.76 bits per heavy atom. The molecule has 2 N–H and O–H groups in total. The van der Waals surface area contributed by atoms with Crippen LogP contribution in [-0.4, -0.2) is 27.1 Å². The third kappa shape index (κ3) is 5.05. The maximum atomic E-state index is 11.8. The van der Waals surface area contributed by atoms with Crippen molar-refractivity contribution in [1.82, 2.24) is 14.9 Å². The number of anilines is 1. The molecule has 0 saturated carbocycles. The number of fused-ring (bicyclic) bond motifs is 1. The SMILES string of the molecule is Cl.Cl.O=C(Nc1ncc2n1CCNC2)OCc1ccc([N+](=O)[O-])cc1. The van der Waals surface area contributed by atoms with Crippen LogP contribution < -0.4 is 10.6 Å². The molecule has 1 aromatic heterocycles. The Morgan fingerprint density at radius 2 is 2.08 bits per heavy atom. The van der Waals surface area contributed by atoms with Crippen LogP contribution in [0.3, 0.4) is 0 Å². The van der Waals surface area contributed by atoms with Crippen molar-refractivity contribution in [3.63, 3.8) is 0 Å². The Hall–Kier alpha value is -2.36. The van der Waals surface area contributed by atoms with Crippen molar-refractivity contribution in [3.8, 4) is 0 Å². The summed E-state index contributed by atoms with van der Waals surface area (Å²) in [7, 11) is 0. The number of nitro benzene ring substituents is 1. The minimum absolute atomic E-state index is 0. The van der Waals surface area contributed by atoms with E-state index in [4.69, 9.17) is 4.74 Å². The Bertz CT molecular complexity index is 735. The Morgan fingerprint density at radius 1 is 1.36 bits per heavy atom. The number of rotatable bonds is 4. The number of hydrogen-bond donors (Lipinski definition) is 2. The average Bonchev–Trinajstić information content (AvgIpc) is 2.96. The Kier molecular flexibility index (Phi) is 7.62. The van der Waals surface area contributed by atoms with Gasteiger partial charge in [-0.2, -0.15) is 0 Å². The zero-order valence-electron chi connectivity index (χ0n) is 13.0. The molecule has 136 valence electrons. The number of nitrogens with one attached hydrogen (secondary N) is 2. The number of carbonyl (C=O) groups excluding carboxylic acids is 1. The highest BCUT2D eigenvalue weighted by molar-refractivity contribution is 5.85. The second kappa shape index (κ2) is 9.21. The fourth-order valence-corrected chi connectivity index (χ4v) is 2.30. The van der Waals surface area contributed by atoms with E-state index in [-0.39, 0.29) is 37.1 Å². The standard InChI is InChI=1S/C14H15N5O4.2ClH/c20-14(17-13-16-8-12-7-15-5-6-18(12)13)23-9-10-1-3-11(4-2-10)19(21)22;;/h1-4,8,15H,5-7,9H2,(H,16,17,20);2*1H. The van der Waals surface area contributed by atoms with Crippen LogP contribution in [0.15, 0.2) is 30.5 Å². The molecule has 3 rings (SSSR count). The molecule has 0 atom stereocenters. The van der Waals surface area contributed by atoms with Crippen LogP contribution in [0.4, 0.5) is 16.4 Å². The summed E-state index contributed by atoms with van der Waals surface area (Å²) < 4.78 is 7.02. The van der Waals surface area contributed by atoms with Crippen LogP contribution >= 0.6 is 24.8 Å². The predicted molar refractivity (Wildman–Crippen MR) is 95.3 cm³/mol. The van der Waals surface area contributed by atoms with Gasteiger partial charge in [-0.25, -0.2) is 9.78 Å². The molecule has 2 aromatic rings. The van der Waals surface area contributed by atoms with Gasteiger partial charge in [-0.05, 0) is 17.7 Å². The van der Waals surface area contributed by atoms with Gasteiger partial charge in [-0.15, -0.1) is 24.8 Å². The van der Waals surface area contributed by atoms with Crippen LogP contribution in [0, 0.1) is 10.1 Å². The van der Waals surface area contributed by atoms with E-state index in [0.717, 1.165) is 18.8 Å². The van der Waals surface area contributed by atoms with Crippen molar-refractivity contribution in [2.24, 2.45) is 0 Å². The molecule has 2 heterocycles. The number of benzene rings is 1. The van der Waals surface area contributed by atoms with Gasteiger partial charge in [0.2, 0.25) is 5.95 Å². The summed E-state index contributed by atoms with van der Waals surface area (Å²) in [4.78, 5) is 26.1. The van der Waals surface area contributed by atoms with Crippen molar-refractivity contribution < 1.29 is 14.5 Å². The first-order chi connectivity index (χ1) is 11.1. The highest BCUT2D eigenvalue weighted by atomic mass is 35.5. The largest absolute Gasteiger partial charge is 0.444 e. The normalized spacial score (nSPS) is 12.2. The number of aromatic nitrogens is 2. The molecule has 0 fully saturated rings. The first kappa shape index (κ1) is 20.7. The number of amides is 1. The molecule has 0 saturated heterocycles. The molecular weight excluding hydrogens is 373 g/mol. The van der Waals surface area contributed by atoms with Crippen LogP contribution in [-0.2, 0) is 24.4 Å². The van der Waals surface area contributed by atoms with E-state index in [0.29, 0.717) is 18.1 Å². The molecule has 1 amide bonds. The van der Waals surface area contributed by atoms with Gasteiger partial charge >= 0.3 is 6.09 Å². The minimum Gasteiger partial charge on any atom is -0.444 e. The molecule has 25 heavy (non-hydrogen) atoms. The smallest absolute Gasteiger partial charge is 0.414 e. The molecule has 1 aliphatic rings. The van der Waals surface area contributed by atoms with Gasteiger partial charge in [-0.3, -0.25) is 15.4 Å². The lowest BCUT2D eigenvalue weighted by atomic mass is 10.2. The molecule has 1 aromatic carbocycles. The first-order valence-electron chi connectivity index (χ1n) is 7.06. The molecule has 11 heteroatoms. The summed E-state index contributed by atoms with van der Waals surface area (Å²) in [5.74, 6) is 0.454. The highest BCUT2D eigenvalue weighted by Crippen LogP contribution is 2.15.